The second-order valence-corrected chi connectivity index (χ2v) is 5.01. The van der Waals surface area contributed by atoms with E-state index in [9.17, 15) is 18.4 Å². The van der Waals surface area contributed by atoms with E-state index in [0.717, 1.165) is 5.56 Å². The fraction of sp³-hybridized carbons (Fsp3) is 0.250. The summed E-state index contributed by atoms with van der Waals surface area (Å²) < 4.78 is 29.8. The molecule has 1 unspecified atom stereocenters. The molecule has 0 spiro atoms. The first-order chi connectivity index (χ1) is 10.9. The van der Waals surface area contributed by atoms with Crippen LogP contribution in [0.5, 0.6) is 5.75 Å². The molecule has 0 saturated heterocycles. The number of carbonyl (C=O) groups excluding carboxylic acids is 1. The second kappa shape index (κ2) is 7.04. The Bertz CT molecular complexity index is 742. The highest BCUT2D eigenvalue weighted by Gasteiger charge is 2.13. The molecule has 23 heavy (non-hydrogen) atoms. The smallest absolute Gasteiger partial charge is 0.387 e. The number of rotatable bonds is 5. The monoisotopic (exact) mass is 322 g/mol. The van der Waals surface area contributed by atoms with Crippen molar-refractivity contribution in [1.82, 2.24) is 9.88 Å². The molecule has 0 bridgehead atoms. The Balaban J connectivity index is 2.05. The summed E-state index contributed by atoms with van der Waals surface area (Å²) in [5, 5.41) is 2.74. The summed E-state index contributed by atoms with van der Waals surface area (Å²) in [5.74, 6) is -0.336. The van der Waals surface area contributed by atoms with E-state index >= 15 is 0 Å². The van der Waals surface area contributed by atoms with E-state index in [1.807, 2.05) is 0 Å². The van der Waals surface area contributed by atoms with Crippen LogP contribution >= 0.6 is 0 Å². The minimum Gasteiger partial charge on any atom is -0.435 e. The number of hydrogen-bond acceptors (Lipinski definition) is 3. The highest BCUT2D eigenvalue weighted by atomic mass is 19.3. The van der Waals surface area contributed by atoms with Gasteiger partial charge in [-0.25, -0.2) is 0 Å². The van der Waals surface area contributed by atoms with Crippen LogP contribution in [0.15, 0.2) is 47.4 Å². The average Bonchev–Trinajstić information content (AvgIpc) is 2.50. The molecule has 0 fully saturated rings. The highest BCUT2D eigenvalue weighted by Crippen LogP contribution is 2.19. The maximum absolute atomic E-state index is 12.1. The minimum atomic E-state index is -2.88. The molecular weight excluding hydrogens is 306 g/mol. The van der Waals surface area contributed by atoms with Gasteiger partial charge in [-0.05, 0) is 30.7 Å². The zero-order chi connectivity index (χ0) is 17.0. The number of aromatic nitrogens is 1. The quantitative estimate of drug-likeness (QED) is 0.920. The summed E-state index contributed by atoms with van der Waals surface area (Å²) in [6, 6.07) is 8.43. The lowest BCUT2D eigenvalue weighted by Gasteiger charge is -2.15. The number of halogens is 2. The van der Waals surface area contributed by atoms with Gasteiger partial charge in [-0.15, -0.1) is 0 Å². The largest absolute Gasteiger partial charge is 0.435 e. The van der Waals surface area contributed by atoms with Crippen LogP contribution < -0.4 is 15.6 Å². The van der Waals surface area contributed by atoms with Gasteiger partial charge in [0.25, 0.3) is 11.5 Å². The number of nitrogens with one attached hydrogen (secondary N) is 1. The van der Waals surface area contributed by atoms with E-state index in [-0.39, 0.29) is 28.8 Å². The van der Waals surface area contributed by atoms with Crippen molar-refractivity contribution in [1.29, 1.82) is 0 Å². The van der Waals surface area contributed by atoms with Crippen molar-refractivity contribution in [3.8, 4) is 5.75 Å². The molecule has 0 radical (unpaired) electrons. The van der Waals surface area contributed by atoms with Crippen LogP contribution in [0.4, 0.5) is 8.78 Å². The maximum atomic E-state index is 12.1. The van der Waals surface area contributed by atoms with Gasteiger partial charge in [0.05, 0.1) is 6.04 Å². The SMILES string of the molecule is CC(NC(=O)c1ccn(C)c(=O)c1)c1ccc(OC(F)F)cc1. The van der Waals surface area contributed by atoms with E-state index in [1.54, 1.807) is 32.2 Å². The lowest BCUT2D eigenvalue weighted by atomic mass is 10.1. The van der Waals surface area contributed by atoms with E-state index < -0.39 is 6.61 Å². The maximum Gasteiger partial charge on any atom is 0.387 e. The molecule has 1 heterocycles. The van der Waals surface area contributed by atoms with Crippen molar-refractivity contribution in [2.24, 2.45) is 7.05 Å². The van der Waals surface area contributed by atoms with Crippen LogP contribution in [-0.4, -0.2) is 17.1 Å². The summed E-state index contributed by atoms with van der Waals surface area (Å²) in [4.78, 5) is 23.7. The fourth-order valence-electron chi connectivity index (χ4n) is 1.99. The van der Waals surface area contributed by atoms with Crippen molar-refractivity contribution in [2.75, 3.05) is 0 Å². The van der Waals surface area contributed by atoms with Gasteiger partial charge in [-0.3, -0.25) is 9.59 Å². The Hall–Kier alpha value is -2.70. The number of benzene rings is 1. The average molecular weight is 322 g/mol. The number of carbonyl (C=O) groups is 1. The number of amides is 1. The molecule has 0 aliphatic heterocycles. The van der Waals surface area contributed by atoms with Gasteiger partial charge in [-0.2, -0.15) is 8.78 Å². The molecule has 2 aromatic rings. The van der Waals surface area contributed by atoms with Crippen LogP contribution in [0, 0.1) is 0 Å². The first-order valence-corrected chi connectivity index (χ1v) is 6.89. The summed E-state index contributed by atoms with van der Waals surface area (Å²) in [6.07, 6.45) is 1.51. The van der Waals surface area contributed by atoms with Gasteiger partial charge in [0.1, 0.15) is 5.75 Å². The highest BCUT2D eigenvalue weighted by molar-refractivity contribution is 5.94. The molecule has 1 amide bonds. The van der Waals surface area contributed by atoms with Gasteiger partial charge in [0.2, 0.25) is 0 Å². The Labute approximate surface area is 131 Å². The predicted octanol–water partition coefficient (Wildman–Crippen LogP) is 2.48. The third kappa shape index (κ3) is 4.38. The molecule has 2 rings (SSSR count). The van der Waals surface area contributed by atoms with E-state index in [4.69, 9.17) is 0 Å². The molecule has 1 atom stereocenters. The number of ether oxygens (including phenoxy) is 1. The van der Waals surface area contributed by atoms with Crippen LogP contribution in [0.25, 0.3) is 0 Å². The lowest BCUT2D eigenvalue weighted by Crippen LogP contribution is -2.28. The van der Waals surface area contributed by atoms with Gasteiger partial charge in [0, 0.05) is 24.9 Å². The standard InChI is InChI=1S/C16H16F2N2O3/c1-10(11-3-5-13(6-4-11)23-16(17)18)19-15(22)12-7-8-20(2)14(21)9-12/h3-10,16H,1-2H3,(H,19,22). The van der Waals surface area contributed by atoms with Crippen molar-refractivity contribution < 1.29 is 18.3 Å². The van der Waals surface area contributed by atoms with Crippen molar-refractivity contribution >= 4 is 5.91 Å². The van der Waals surface area contributed by atoms with Gasteiger partial charge >= 0.3 is 6.61 Å². The fourth-order valence-corrected chi connectivity index (χ4v) is 1.99. The van der Waals surface area contributed by atoms with Crippen molar-refractivity contribution in [3.63, 3.8) is 0 Å². The zero-order valence-corrected chi connectivity index (χ0v) is 12.6. The molecule has 1 aromatic carbocycles. The van der Waals surface area contributed by atoms with Gasteiger partial charge in [-0.1, -0.05) is 12.1 Å². The van der Waals surface area contributed by atoms with Crippen LogP contribution in [0.2, 0.25) is 0 Å². The van der Waals surface area contributed by atoms with E-state index in [1.165, 1.54) is 29.0 Å². The summed E-state index contributed by atoms with van der Waals surface area (Å²) in [7, 11) is 1.59. The molecule has 0 aliphatic rings. The Morgan fingerprint density at radius 2 is 1.87 bits per heavy atom. The molecule has 0 aliphatic carbocycles. The second-order valence-electron chi connectivity index (χ2n) is 5.01. The number of alkyl halides is 2. The van der Waals surface area contributed by atoms with Gasteiger partial charge < -0.3 is 14.6 Å². The molecule has 122 valence electrons. The molecule has 1 N–H and O–H groups in total. The van der Waals surface area contributed by atoms with Crippen molar-refractivity contribution in [3.05, 3.63) is 64.1 Å². The first-order valence-electron chi connectivity index (χ1n) is 6.89. The van der Waals surface area contributed by atoms with Crippen LogP contribution in [0.1, 0.15) is 28.9 Å². The molecule has 5 nitrogen and oxygen atoms in total. The first kappa shape index (κ1) is 16.7. The van der Waals surface area contributed by atoms with Crippen molar-refractivity contribution in [2.45, 2.75) is 19.6 Å². The lowest BCUT2D eigenvalue weighted by molar-refractivity contribution is -0.0498. The number of pyridine rings is 1. The summed E-state index contributed by atoms with van der Waals surface area (Å²) in [6.45, 7) is -1.12. The Morgan fingerprint density at radius 1 is 1.22 bits per heavy atom. The molecule has 7 heteroatoms. The van der Waals surface area contributed by atoms with E-state index in [2.05, 4.69) is 10.1 Å². The minimum absolute atomic E-state index is 0.0498. The van der Waals surface area contributed by atoms with Crippen LogP contribution in [-0.2, 0) is 7.05 Å². The summed E-state index contributed by atoms with van der Waals surface area (Å²) in [5.41, 5.74) is 0.709. The number of aryl methyl sites for hydroxylation is 1. The topological polar surface area (TPSA) is 60.3 Å². The van der Waals surface area contributed by atoms with E-state index in [0.29, 0.717) is 0 Å². The molecule has 0 saturated carbocycles. The summed E-state index contributed by atoms with van der Waals surface area (Å²) >= 11 is 0. The molecule has 1 aromatic heterocycles. The van der Waals surface area contributed by atoms with Crippen LogP contribution in [0.3, 0.4) is 0 Å². The third-order valence-corrected chi connectivity index (χ3v) is 3.32. The zero-order valence-electron chi connectivity index (χ0n) is 12.6. The Morgan fingerprint density at radius 3 is 2.43 bits per heavy atom. The number of hydrogen-bond donors (Lipinski definition) is 1. The number of nitrogens with zero attached hydrogens (tertiary/aromatic N) is 1. The normalized spacial score (nSPS) is 12.0. The Kier molecular flexibility index (Phi) is 5.10. The molecular formula is C16H16F2N2O3. The van der Waals surface area contributed by atoms with Gasteiger partial charge in [0.15, 0.2) is 0 Å². The predicted molar refractivity (Wildman–Crippen MR) is 80.6 cm³/mol. The third-order valence-electron chi connectivity index (χ3n) is 3.32.